The predicted octanol–water partition coefficient (Wildman–Crippen LogP) is 5.22. The molecule has 0 fully saturated rings. The van der Waals surface area contributed by atoms with Crippen LogP contribution in [-0.4, -0.2) is 35.2 Å². The van der Waals surface area contributed by atoms with Crippen LogP contribution in [0.3, 0.4) is 0 Å². The SMILES string of the molecule is CC(C(=O)Nc1ccc(F)c(C(F)(F)F)c1)n1ccc2cc(Oc3cc(Cn4cncn4)ncn3)ccc21. The number of benzene rings is 2. The Labute approximate surface area is 212 Å². The number of halogens is 4. The lowest BCUT2D eigenvalue weighted by atomic mass is 10.1. The molecule has 0 aliphatic rings. The quantitative estimate of drug-likeness (QED) is 0.293. The van der Waals surface area contributed by atoms with E-state index in [1.54, 1.807) is 59.0 Å². The van der Waals surface area contributed by atoms with Gasteiger partial charge < -0.3 is 14.6 Å². The van der Waals surface area contributed by atoms with E-state index in [9.17, 15) is 22.4 Å². The summed E-state index contributed by atoms with van der Waals surface area (Å²) in [6.07, 6.45) is 1.19. The molecule has 194 valence electrons. The second-order valence-corrected chi connectivity index (χ2v) is 8.34. The maximum atomic E-state index is 13.6. The number of alkyl halides is 3. The molecule has 0 bridgehead atoms. The third-order valence-electron chi connectivity index (χ3n) is 5.74. The summed E-state index contributed by atoms with van der Waals surface area (Å²) in [6.45, 7) is 2.00. The Morgan fingerprint density at radius 3 is 2.68 bits per heavy atom. The van der Waals surface area contributed by atoms with Crippen molar-refractivity contribution in [2.24, 2.45) is 0 Å². The standard InChI is InChI=1S/C25H19F4N7O2/c1-15(24(37)34-17-2-4-21(26)20(9-17)25(27,28)29)36-7-6-16-8-19(3-5-22(16)36)38-23-10-18(31-13-32-23)11-35-14-30-12-33-35/h2-10,12-15H,11H2,1H3,(H,34,37). The molecular formula is C25H19F4N7O2. The van der Waals surface area contributed by atoms with Crippen LogP contribution in [-0.2, 0) is 17.5 Å². The summed E-state index contributed by atoms with van der Waals surface area (Å²) in [4.78, 5) is 25.0. The Morgan fingerprint density at radius 1 is 1.08 bits per heavy atom. The molecule has 1 amide bonds. The number of amides is 1. The minimum absolute atomic E-state index is 0.157. The fourth-order valence-corrected chi connectivity index (χ4v) is 3.86. The van der Waals surface area contributed by atoms with Crippen LogP contribution in [0, 0.1) is 5.82 Å². The zero-order valence-corrected chi connectivity index (χ0v) is 19.7. The van der Waals surface area contributed by atoms with E-state index < -0.39 is 29.5 Å². The Kier molecular flexibility index (Phi) is 6.49. The topological polar surface area (TPSA) is 99.8 Å². The summed E-state index contributed by atoms with van der Waals surface area (Å²) < 4.78 is 61.8. The van der Waals surface area contributed by atoms with Crippen LogP contribution in [0.15, 0.2) is 73.7 Å². The van der Waals surface area contributed by atoms with E-state index in [-0.39, 0.29) is 5.69 Å². The number of anilines is 1. The largest absolute Gasteiger partial charge is 0.439 e. The van der Waals surface area contributed by atoms with Gasteiger partial charge in [-0.3, -0.25) is 4.79 Å². The summed E-state index contributed by atoms with van der Waals surface area (Å²) in [5.41, 5.74) is -0.229. The van der Waals surface area contributed by atoms with Crippen LogP contribution in [0.5, 0.6) is 11.6 Å². The van der Waals surface area contributed by atoms with Crippen LogP contribution in [0.25, 0.3) is 10.9 Å². The van der Waals surface area contributed by atoms with Crippen molar-refractivity contribution in [3.8, 4) is 11.6 Å². The number of aromatic nitrogens is 6. The number of hydrogen-bond donors (Lipinski definition) is 1. The fraction of sp³-hybridized carbons (Fsp3) is 0.160. The van der Waals surface area contributed by atoms with E-state index in [2.05, 4.69) is 25.4 Å². The van der Waals surface area contributed by atoms with Gasteiger partial charge in [0.05, 0.1) is 17.8 Å². The van der Waals surface area contributed by atoms with Crippen molar-refractivity contribution in [2.45, 2.75) is 25.7 Å². The van der Waals surface area contributed by atoms with Crippen molar-refractivity contribution in [2.75, 3.05) is 5.32 Å². The van der Waals surface area contributed by atoms with Crippen LogP contribution < -0.4 is 10.1 Å². The highest BCUT2D eigenvalue weighted by molar-refractivity contribution is 5.95. The lowest BCUT2D eigenvalue weighted by Gasteiger charge is -2.17. The molecule has 3 aromatic heterocycles. The van der Waals surface area contributed by atoms with E-state index >= 15 is 0 Å². The van der Waals surface area contributed by atoms with Gasteiger partial charge in [0.2, 0.25) is 11.8 Å². The molecule has 1 unspecified atom stereocenters. The van der Waals surface area contributed by atoms with Gasteiger partial charge in [-0.05, 0) is 49.4 Å². The molecule has 0 aliphatic heterocycles. The number of carbonyl (C=O) groups excluding carboxylic acids is 1. The van der Waals surface area contributed by atoms with Crippen molar-refractivity contribution in [3.63, 3.8) is 0 Å². The van der Waals surface area contributed by atoms with Crippen molar-refractivity contribution in [1.82, 2.24) is 29.3 Å². The smallest absolute Gasteiger partial charge is 0.419 e. The molecule has 1 N–H and O–H groups in total. The second kappa shape index (κ2) is 9.92. The van der Waals surface area contributed by atoms with E-state index in [1.807, 2.05) is 0 Å². The minimum Gasteiger partial charge on any atom is -0.439 e. The molecule has 5 rings (SSSR count). The highest BCUT2D eigenvalue weighted by Gasteiger charge is 2.34. The molecule has 38 heavy (non-hydrogen) atoms. The number of rotatable bonds is 7. The Hall–Kier alpha value is -4.81. The zero-order chi connectivity index (χ0) is 26.9. The first-order valence-electron chi connectivity index (χ1n) is 11.3. The van der Waals surface area contributed by atoms with Crippen molar-refractivity contribution in [1.29, 1.82) is 0 Å². The van der Waals surface area contributed by atoms with Crippen molar-refractivity contribution >= 4 is 22.5 Å². The van der Waals surface area contributed by atoms with Crippen LogP contribution >= 0.6 is 0 Å². The maximum Gasteiger partial charge on any atom is 0.419 e. The first-order chi connectivity index (χ1) is 18.2. The van der Waals surface area contributed by atoms with Crippen molar-refractivity contribution in [3.05, 3.63) is 90.8 Å². The van der Waals surface area contributed by atoms with Gasteiger partial charge in [-0.1, -0.05) is 0 Å². The Balaban J connectivity index is 1.30. The molecule has 5 aromatic rings. The summed E-state index contributed by atoms with van der Waals surface area (Å²) in [5, 5.41) is 7.23. The molecule has 0 radical (unpaired) electrons. The lowest BCUT2D eigenvalue weighted by molar-refractivity contribution is -0.140. The number of nitrogens with zero attached hydrogens (tertiary/aromatic N) is 6. The maximum absolute atomic E-state index is 13.6. The van der Waals surface area contributed by atoms with E-state index in [0.717, 1.165) is 11.5 Å². The zero-order valence-electron chi connectivity index (χ0n) is 19.7. The molecule has 13 heteroatoms. The highest BCUT2D eigenvalue weighted by atomic mass is 19.4. The summed E-state index contributed by atoms with van der Waals surface area (Å²) in [6, 6.07) is 10.2. The molecule has 0 spiro atoms. The van der Waals surface area contributed by atoms with Gasteiger partial charge >= 0.3 is 6.18 Å². The Bertz CT molecular complexity index is 1600. The summed E-state index contributed by atoms with van der Waals surface area (Å²) in [7, 11) is 0. The van der Waals surface area contributed by atoms with Gasteiger partial charge in [0.1, 0.15) is 36.6 Å². The second-order valence-electron chi connectivity index (χ2n) is 8.34. The van der Waals surface area contributed by atoms with Crippen molar-refractivity contribution < 1.29 is 27.1 Å². The summed E-state index contributed by atoms with van der Waals surface area (Å²) >= 11 is 0. The molecule has 0 aliphatic carbocycles. The third kappa shape index (κ3) is 5.31. The monoisotopic (exact) mass is 525 g/mol. The lowest BCUT2D eigenvalue weighted by Crippen LogP contribution is -2.23. The molecule has 0 saturated heterocycles. The molecule has 9 nitrogen and oxygen atoms in total. The number of carbonyl (C=O) groups is 1. The average Bonchev–Trinajstić information content (AvgIpc) is 3.54. The fourth-order valence-electron chi connectivity index (χ4n) is 3.86. The molecule has 1 atom stereocenters. The molecule has 3 heterocycles. The van der Waals surface area contributed by atoms with Crippen LogP contribution in [0.4, 0.5) is 23.2 Å². The number of ether oxygens (including phenoxy) is 1. The number of hydrogen-bond acceptors (Lipinski definition) is 6. The highest BCUT2D eigenvalue weighted by Crippen LogP contribution is 2.33. The van der Waals surface area contributed by atoms with Gasteiger partial charge in [-0.25, -0.2) is 24.0 Å². The predicted molar refractivity (Wildman–Crippen MR) is 128 cm³/mol. The first-order valence-corrected chi connectivity index (χ1v) is 11.3. The van der Waals surface area contributed by atoms with Crippen LogP contribution in [0.1, 0.15) is 24.2 Å². The van der Waals surface area contributed by atoms with Gasteiger partial charge in [0, 0.05) is 28.9 Å². The third-order valence-corrected chi connectivity index (χ3v) is 5.74. The van der Waals surface area contributed by atoms with E-state index in [0.29, 0.717) is 41.5 Å². The van der Waals surface area contributed by atoms with E-state index in [4.69, 9.17) is 4.74 Å². The Morgan fingerprint density at radius 2 is 1.92 bits per heavy atom. The normalized spacial score (nSPS) is 12.4. The molecular weight excluding hydrogens is 506 g/mol. The average molecular weight is 525 g/mol. The summed E-state index contributed by atoms with van der Waals surface area (Å²) in [5.74, 6) is -1.14. The molecule has 2 aromatic carbocycles. The van der Waals surface area contributed by atoms with Gasteiger partial charge in [-0.2, -0.15) is 18.3 Å². The van der Waals surface area contributed by atoms with Gasteiger partial charge in [0.25, 0.3) is 0 Å². The van der Waals surface area contributed by atoms with Gasteiger partial charge in [0.15, 0.2) is 0 Å². The van der Waals surface area contributed by atoms with Crippen LogP contribution in [0.2, 0.25) is 0 Å². The van der Waals surface area contributed by atoms with E-state index in [1.165, 1.54) is 12.7 Å². The number of nitrogens with one attached hydrogen (secondary N) is 1. The first kappa shape index (κ1) is 24.9. The van der Waals surface area contributed by atoms with Gasteiger partial charge in [-0.15, -0.1) is 0 Å². The number of fused-ring (bicyclic) bond motifs is 1. The molecule has 0 saturated carbocycles. The minimum atomic E-state index is -4.88.